The topological polar surface area (TPSA) is 42.1 Å². The Bertz CT molecular complexity index is 608. The third-order valence-electron chi connectivity index (χ3n) is 3.99. The van der Waals surface area contributed by atoms with Crippen LogP contribution in [0.2, 0.25) is 0 Å². The van der Waals surface area contributed by atoms with E-state index in [2.05, 4.69) is 4.98 Å². The van der Waals surface area contributed by atoms with Gasteiger partial charge in [-0.25, -0.2) is 4.39 Å². The maximum atomic E-state index is 14.2. The highest BCUT2D eigenvalue weighted by Gasteiger charge is 2.22. The minimum atomic E-state index is -0.287. The molecule has 0 unspecified atom stereocenters. The van der Waals surface area contributed by atoms with Crippen LogP contribution in [0.15, 0.2) is 24.4 Å². The molecular weight excluding hydrogens is 241 g/mol. The van der Waals surface area contributed by atoms with Crippen LogP contribution in [0.1, 0.15) is 19.3 Å². The smallest absolute Gasteiger partial charge is 0.150 e. The SMILES string of the molecule is CN(CC1CCC1)c1c(F)cc(N)c2cccnc12. The van der Waals surface area contributed by atoms with Gasteiger partial charge in [0.25, 0.3) is 0 Å². The third-order valence-corrected chi connectivity index (χ3v) is 3.99. The first kappa shape index (κ1) is 12.2. The molecule has 0 atom stereocenters. The van der Waals surface area contributed by atoms with Crippen LogP contribution < -0.4 is 10.6 Å². The number of aromatic nitrogens is 1. The molecule has 1 aliphatic rings. The van der Waals surface area contributed by atoms with E-state index in [0.29, 0.717) is 22.8 Å². The average Bonchev–Trinajstić information content (AvgIpc) is 2.34. The summed E-state index contributed by atoms with van der Waals surface area (Å²) in [5, 5.41) is 0.819. The number of nitrogen functional groups attached to an aromatic ring is 1. The van der Waals surface area contributed by atoms with E-state index in [1.165, 1.54) is 25.3 Å². The van der Waals surface area contributed by atoms with Crippen molar-refractivity contribution in [2.75, 3.05) is 24.2 Å². The molecular formula is C15H18FN3. The minimum absolute atomic E-state index is 0.287. The number of rotatable bonds is 3. The first-order chi connectivity index (χ1) is 9.16. The Morgan fingerprint density at radius 3 is 2.95 bits per heavy atom. The van der Waals surface area contributed by atoms with Crippen molar-refractivity contribution in [2.24, 2.45) is 5.92 Å². The number of anilines is 2. The van der Waals surface area contributed by atoms with Crippen LogP contribution in [0, 0.1) is 11.7 Å². The van der Waals surface area contributed by atoms with E-state index in [-0.39, 0.29) is 5.82 Å². The number of benzene rings is 1. The van der Waals surface area contributed by atoms with Crippen LogP contribution in [0.4, 0.5) is 15.8 Å². The van der Waals surface area contributed by atoms with Crippen LogP contribution in [0.5, 0.6) is 0 Å². The summed E-state index contributed by atoms with van der Waals surface area (Å²) in [6.07, 6.45) is 5.46. The number of fused-ring (bicyclic) bond motifs is 1. The fourth-order valence-electron chi connectivity index (χ4n) is 2.74. The van der Waals surface area contributed by atoms with Crippen molar-refractivity contribution in [3.63, 3.8) is 0 Å². The molecule has 4 heteroatoms. The van der Waals surface area contributed by atoms with E-state index < -0.39 is 0 Å². The molecule has 0 aliphatic heterocycles. The molecule has 100 valence electrons. The van der Waals surface area contributed by atoms with Gasteiger partial charge in [-0.15, -0.1) is 0 Å². The van der Waals surface area contributed by atoms with E-state index in [0.717, 1.165) is 11.9 Å². The summed E-state index contributed by atoms with van der Waals surface area (Å²) in [5.74, 6) is 0.395. The van der Waals surface area contributed by atoms with Gasteiger partial charge in [0.15, 0.2) is 5.82 Å². The molecule has 0 saturated heterocycles. The van der Waals surface area contributed by atoms with Crippen molar-refractivity contribution < 1.29 is 4.39 Å². The Balaban J connectivity index is 2.05. The molecule has 2 N–H and O–H groups in total. The van der Waals surface area contributed by atoms with Crippen molar-refractivity contribution in [3.8, 4) is 0 Å². The number of hydrogen-bond acceptors (Lipinski definition) is 3. The van der Waals surface area contributed by atoms with Gasteiger partial charge in [-0.2, -0.15) is 0 Å². The summed E-state index contributed by atoms with van der Waals surface area (Å²) in [6, 6.07) is 5.11. The third kappa shape index (κ3) is 2.11. The summed E-state index contributed by atoms with van der Waals surface area (Å²) in [5.41, 5.74) is 7.53. The summed E-state index contributed by atoms with van der Waals surface area (Å²) >= 11 is 0. The minimum Gasteiger partial charge on any atom is -0.398 e. The van der Waals surface area contributed by atoms with Gasteiger partial charge in [0.2, 0.25) is 0 Å². The molecule has 1 aromatic heterocycles. The van der Waals surface area contributed by atoms with E-state index in [1.807, 2.05) is 24.1 Å². The van der Waals surface area contributed by atoms with Crippen LogP contribution in [-0.2, 0) is 0 Å². The standard InChI is InChI=1S/C15H18FN3/c1-19(9-10-4-2-5-10)15-12(16)8-13(17)11-6-3-7-18-14(11)15/h3,6-8,10H,2,4-5,9,17H2,1H3. The van der Waals surface area contributed by atoms with Gasteiger partial charge in [0, 0.05) is 30.9 Å². The number of pyridine rings is 1. The van der Waals surface area contributed by atoms with E-state index in [9.17, 15) is 4.39 Å². The van der Waals surface area contributed by atoms with Gasteiger partial charge in [0.05, 0.1) is 11.2 Å². The van der Waals surface area contributed by atoms with Crippen molar-refractivity contribution in [1.82, 2.24) is 4.98 Å². The summed E-state index contributed by atoms with van der Waals surface area (Å²) in [6.45, 7) is 0.881. The van der Waals surface area contributed by atoms with Crippen LogP contribution in [0.25, 0.3) is 10.9 Å². The summed E-state index contributed by atoms with van der Waals surface area (Å²) in [7, 11) is 1.93. The molecule has 0 amide bonds. The molecule has 1 fully saturated rings. The quantitative estimate of drug-likeness (QED) is 0.861. The summed E-state index contributed by atoms with van der Waals surface area (Å²) < 4.78 is 14.2. The van der Waals surface area contributed by atoms with Crippen LogP contribution >= 0.6 is 0 Å². The molecule has 0 bridgehead atoms. The fourth-order valence-corrected chi connectivity index (χ4v) is 2.74. The second kappa shape index (κ2) is 4.68. The summed E-state index contributed by atoms with van der Waals surface area (Å²) in [4.78, 5) is 6.29. The van der Waals surface area contributed by atoms with Gasteiger partial charge < -0.3 is 10.6 Å². The van der Waals surface area contributed by atoms with E-state index in [1.54, 1.807) is 6.20 Å². The Morgan fingerprint density at radius 1 is 1.47 bits per heavy atom. The number of halogens is 1. The largest absolute Gasteiger partial charge is 0.398 e. The highest BCUT2D eigenvalue weighted by molar-refractivity contribution is 5.98. The zero-order chi connectivity index (χ0) is 13.4. The second-order valence-corrected chi connectivity index (χ2v) is 5.37. The molecule has 0 spiro atoms. The molecule has 1 aliphatic carbocycles. The zero-order valence-corrected chi connectivity index (χ0v) is 11.1. The van der Waals surface area contributed by atoms with Crippen LogP contribution in [0.3, 0.4) is 0 Å². The highest BCUT2D eigenvalue weighted by Crippen LogP contribution is 2.34. The van der Waals surface area contributed by atoms with Gasteiger partial charge in [-0.3, -0.25) is 4.98 Å². The van der Waals surface area contributed by atoms with Gasteiger partial charge >= 0.3 is 0 Å². The lowest BCUT2D eigenvalue weighted by Gasteiger charge is -2.31. The van der Waals surface area contributed by atoms with Crippen molar-refractivity contribution >= 4 is 22.3 Å². The number of hydrogen-bond donors (Lipinski definition) is 1. The van der Waals surface area contributed by atoms with E-state index in [4.69, 9.17) is 5.73 Å². The average molecular weight is 259 g/mol. The Kier molecular flexibility index (Phi) is 3.01. The second-order valence-electron chi connectivity index (χ2n) is 5.37. The lowest BCUT2D eigenvalue weighted by Crippen LogP contribution is -2.30. The Morgan fingerprint density at radius 2 is 2.26 bits per heavy atom. The monoisotopic (exact) mass is 259 g/mol. The van der Waals surface area contributed by atoms with Gasteiger partial charge in [0.1, 0.15) is 0 Å². The Hall–Kier alpha value is -1.84. The predicted molar refractivity (Wildman–Crippen MR) is 76.7 cm³/mol. The van der Waals surface area contributed by atoms with Crippen molar-refractivity contribution in [1.29, 1.82) is 0 Å². The maximum absolute atomic E-state index is 14.2. The molecule has 1 heterocycles. The Labute approximate surface area is 112 Å². The molecule has 19 heavy (non-hydrogen) atoms. The molecule has 2 aromatic rings. The lowest BCUT2D eigenvalue weighted by atomic mass is 9.85. The van der Waals surface area contributed by atoms with E-state index >= 15 is 0 Å². The lowest BCUT2D eigenvalue weighted by molar-refractivity contribution is 0.321. The zero-order valence-electron chi connectivity index (χ0n) is 11.1. The normalized spacial score (nSPS) is 15.5. The van der Waals surface area contributed by atoms with Gasteiger partial charge in [-0.05, 0) is 37.0 Å². The molecule has 1 aromatic carbocycles. The van der Waals surface area contributed by atoms with Crippen LogP contribution in [-0.4, -0.2) is 18.6 Å². The molecule has 3 rings (SSSR count). The van der Waals surface area contributed by atoms with Gasteiger partial charge in [-0.1, -0.05) is 6.42 Å². The fraction of sp³-hybridized carbons (Fsp3) is 0.400. The van der Waals surface area contributed by atoms with Crippen molar-refractivity contribution in [3.05, 3.63) is 30.2 Å². The first-order valence-electron chi connectivity index (χ1n) is 6.70. The van der Waals surface area contributed by atoms with Crippen molar-refractivity contribution in [2.45, 2.75) is 19.3 Å². The first-order valence-corrected chi connectivity index (χ1v) is 6.70. The predicted octanol–water partition coefficient (Wildman–Crippen LogP) is 3.19. The highest BCUT2D eigenvalue weighted by atomic mass is 19.1. The maximum Gasteiger partial charge on any atom is 0.150 e. The molecule has 1 saturated carbocycles. The molecule has 0 radical (unpaired) electrons. The number of nitrogens with zero attached hydrogens (tertiary/aromatic N) is 2. The number of nitrogens with two attached hydrogens (primary N) is 1. The molecule has 3 nitrogen and oxygen atoms in total.